The summed E-state index contributed by atoms with van der Waals surface area (Å²) in [5.41, 5.74) is 2.00. The van der Waals surface area contributed by atoms with Crippen molar-refractivity contribution in [3.05, 3.63) is 81.5 Å². The number of hydrogen-bond acceptors (Lipinski definition) is 6. The lowest BCUT2D eigenvalue weighted by Crippen LogP contribution is -2.06. The van der Waals surface area contributed by atoms with Crippen molar-refractivity contribution in [2.24, 2.45) is 0 Å². The monoisotopic (exact) mass is 363 g/mol. The van der Waals surface area contributed by atoms with Gasteiger partial charge < -0.3 is 9.47 Å². The van der Waals surface area contributed by atoms with E-state index in [1.165, 1.54) is 11.3 Å². The zero-order valence-corrected chi connectivity index (χ0v) is 14.6. The van der Waals surface area contributed by atoms with E-state index in [-0.39, 0.29) is 11.5 Å². The van der Waals surface area contributed by atoms with E-state index in [4.69, 9.17) is 9.47 Å². The van der Waals surface area contributed by atoms with Gasteiger partial charge >= 0.3 is 5.97 Å². The number of carbonyl (C=O) groups excluding carboxylic acids is 2. The minimum Gasteiger partial charge on any atom is -0.452 e. The molecule has 3 aromatic rings. The number of esters is 1. The van der Waals surface area contributed by atoms with Gasteiger partial charge in [0.1, 0.15) is 16.4 Å². The lowest BCUT2D eigenvalue weighted by atomic mass is 10.0. The predicted octanol–water partition coefficient (Wildman–Crippen LogP) is 4.29. The van der Waals surface area contributed by atoms with Gasteiger partial charge in [0.05, 0.1) is 5.56 Å². The Kier molecular flexibility index (Phi) is 4.10. The highest BCUT2D eigenvalue weighted by Crippen LogP contribution is 2.37. The summed E-state index contributed by atoms with van der Waals surface area (Å²) in [4.78, 5) is 29.2. The van der Waals surface area contributed by atoms with Crippen LogP contribution in [0.15, 0.2) is 59.9 Å². The second-order valence-corrected chi connectivity index (χ2v) is 6.65. The molecular formula is C20H13NO4S. The fourth-order valence-corrected chi connectivity index (χ4v) is 3.30. The van der Waals surface area contributed by atoms with Gasteiger partial charge in [-0.2, -0.15) is 0 Å². The maximum Gasteiger partial charge on any atom is 0.353 e. The van der Waals surface area contributed by atoms with Crippen LogP contribution in [0.4, 0.5) is 0 Å². The number of Topliss-reactive ketones (excluding diaryl/α,β-unsaturated/α-hetero) is 1. The zero-order chi connectivity index (χ0) is 18.1. The number of thiophene rings is 1. The first kappa shape index (κ1) is 16.2. The molecule has 26 heavy (non-hydrogen) atoms. The number of nitrogens with zero attached hydrogens (tertiary/aromatic N) is 1. The van der Waals surface area contributed by atoms with Crippen LogP contribution in [0.3, 0.4) is 0 Å². The first-order chi connectivity index (χ1) is 12.6. The molecule has 0 saturated heterocycles. The number of aryl methyl sites for hydroxylation is 1. The van der Waals surface area contributed by atoms with Crippen molar-refractivity contribution in [1.82, 2.24) is 4.98 Å². The third-order valence-corrected chi connectivity index (χ3v) is 4.73. The third-order valence-electron chi connectivity index (χ3n) is 3.88. The van der Waals surface area contributed by atoms with E-state index >= 15 is 0 Å². The van der Waals surface area contributed by atoms with E-state index in [0.717, 1.165) is 5.56 Å². The number of ketones is 1. The molecule has 5 nitrogen and oxygen atoms in total. The topological polar surface area (TPSA) is 65.5 Å². The van der Waals surface area contributed by atoms with E-state index in [2.05, 4.69) is 4.98 Å². The molecule has 0 spiro atoms. The minimum absolute atomic E-state index is 0.189. The Bertz CT molecular complexity index is 1020. The summed E-state index contributed by atoms with van der Waals surface area (Å²) in [6.07, 6.45) is 4.96. The summed E-state index contributed by atoms with van der Waals surface area (Å²) >= 11 is 1.31. The molecule has 3 heterocycles. The minimum atomic E-state index is -0.434. The van der Waals surface area contributed by atoms with Crippen molar-refractivity contribution in [1.29, 1.82) is 0 Å². The Morgan fingerprint density at radius 2 is 2.04 bits per heavy atom. The molecule has 1 aromatic carbocycles. The molecule has 6 heteroatoms. The Balaban J connectivity index is 1.63. The van der Waals surface area contributed by atoms with E-state index < -0.39 is 5.97 Å². The molecule has 128 valence electrons. The van der Waals surface area contributed by atoms with Crippen molar-refractivity contribution >= 4 is 29.2 Å². The van der Waals surface area contributed by atoms with Crippen LogP contribution in [0.2, 0.25) is 0 Å². The number of ether oxygens (including phenoxy) is 2. The Morgan fingerprint density at radius 3 is 2.77 bits per heavy atom. The van der Waals surface area contributed by atoms with Crippen LogP contribution >= 0.6 is 11.3 Å². The molecule has 0 radical (unpaired) electrons. The average Bonchev–Trinajstić information content (AvgIpc) is 3.25. The molecule has 0 amide bonds. The van der Waals surface area contributed by atoms with Crippen molar-refractivity contribution in [2.45, 2.75) is 6.92 Å². The van der Waals surface area contributed by atoms with Gasteiger partial charge in [-0.15, -0.1) is 11.3 Å². The van der Waals surface area contributed by atoms with Crippen molar-refractivity contribution in [2.75, 3.05) is 0 Å². The van der Waals surface area contributed by atoms with Gasteiger partial charge in [0.15, 0.2) is 5.76 Å². The number of pyridine rings is 1. The first-order valence-electron chi connectivity index (χ1n) is 7.86. The van der Waals surface area contributed by atoms with Gasteiger partial charge in [0.2, 0.25) is 5.78 Å². The molecule has 0 fully saturated rings. The van der Waals surface area contributed by atoms with Gasteiger partial charge in [0, 0.05) is 18.5 Å². The lowest BCUT2D eigenvalue weighted by Gasteiger charge is -2.06. The van der Waals surface area contributed by atoms with E-state index in [1.807, 2.05) is 5.38 Å². The Labute approximate surface area is 153 Å². The largest absolute Gasteiger partial charge is 0.452 e. The molecule has 0 atom stereocenters. The summed E-state index contributed by atoms with van der Waals surface area (Å²) in [7, 11) is 0. The van der Waals surface area contributed by atoms with Gasteiger partial charge in [-0.1, -0.05) is 6.07 Å². The second-order valence-electron chi connectivity index (χ2n) is 5.70. The van der Waals surface area contributed by atoms with Crippen LogP contribution in [0.1, 0.15) is 31.2 Å². The molecule has 1 aliphatic heterocycles. The normalized spacial score (nSPS) is 14.2. The molecule has 0 aliphatic carbocycles. The van der Waals surface area contributed by atoms with Crippen molar-refractivity contribution in [3.63, 3.8) is 0 Å². The maximum atomic E-state index is 12.6. The van der Waals surface area contributed by atoms with E-state index in [9.17, 15) is 9.59 Å². The maximum absolute atomic E-state index is 12.6. The number of allylic oxidation sites excluding steroid dienone is 1. The molecule has 0 bridgehead atoms. The molecule has 2 aromatic heterocycles. The SMILES string of the molecule is Cc1cc(OC(=O)c2cccs2)cc2c1C(=O)/C(=C/c1ccncc1)O2. The summed E-state index contributed by atoms with van der Waals surface area (Å²) in [6, 6.07) is 10.3. The lowest BCUT2D eigenvalue weighted by molar-refractivity contribution is 0.0739. The highest BCUT2D eigenvalue weighted by atomic mass is 32.1. The standard InChI is InChI=1S/C20H13NO4S/c1-12-9-14(24-20(23)17-3-2-8-26-17)11-15-18(12)19(22)16(25-15)10-13-4-6-21-7-5-13/h2-11H,1H3/b16-10-. The van der Waals surface area contributed by atoms with Crippen molar-refractivity contribution < 1.29 is 19.1 Å². The average molecular weight is 363 g/mol. The van der Waals surface area contributed by atoms with Crippen LogP contribution in [-0.2, 0) is 0 Å². The van der Waals surface area contributed by atoms with Gasteiger partial charge in [-0.25, -0.2) is 4.79 Å². The molecule has 1 aliphatic rings. The number of fused-ring (bicyclic) bond motifs is 1. The van der Waals surface area contributed by atoms with Gasteiger partial charge in [-0.05, 0) is 53.8 Å². The van der Waals surface area contributed by atoms with E-state index in [0.29, 0.717) is 27.5 Å². The molecule has 0 N–H and O–H groups in total. The highest BCUT2D eigenvalue weighted by Gasteiger charge is 2.30. The van der Waals surface area contributed by atoms with Crippen LogP contribution in [-0.4, -0.2) is 16.7 Å². The molecule has 0 saturated carbocycles. The van der Waals surface area contributed by atoms with Crippen LogP contribution < -0.4 is 9.47 Å². The Morgan fingerprint density at radius 1 is 1.23 bits per heavy atom. The summed E-state index contributed by atoms with van der Waals surface area (Å²) < 4.78 is 11.1. The highest BCUT2D eigenvalue weighted by molar-refractivity contribution is 7.12. The van der Waals surface area contributed by atoms with Crippen LogP contribution in [0.25, 0.3) is 6.08 Å². The quantitative estimate of drug-likeness (QED) is 0.395. The van der Waals surface area contributed by atoms with Crippen LogP contribution in [0.5, 0.6) is 11.5 Å². The number of benzene rings is 1. The Hall–Kier alpha value is -3.25. The fraction of sp³-hybridized carbons (Fsp3) is 0.0500. The molecule has 0 unspecified atom stereocenters. The number of aromatic nitrogens is 1. The van der Waals surface area contributed by atoms with E-state index in [1.54, 1.807) is 61.8 Å². The zero-order valence-electron chi connectivity index (χ0n) is 13.8. The smallest absolute Gasteiger partial charge is 0.353 e. The third kappa shape index (κ3) is 3.02. The number of rotatable bonds is 3. The number of hydrogen-bond donors (Lipinski definition) is 0. The van der Waals surface area contributed by atoms with Crippen molar-refractivity contribution in [3.8, 4) is 11.5 Å². The molecular weight excluding hydrogens is 350 g/mol. The summed E-state index contributed by atoms with van der Waals surface area (Å²) in [5, 5.41) is 1.81. The fourth-order valence-electron chi connectivity index (χ4n) is 2.70. The summed E-state index contributed by atoms with van der Waals surface area (Å²) in [6.45, 7) is 1.79. The van der Waals surface area contributed by atoms with Gasteiger partial charge in [-0.3, -0.25) is 9.78 Å². The second kappa shape index (κ2) is 6.57. The van der Waals surface area contributed by atoms with Crippen LogP contribution in [0, 0.1) is 6.92 Å². The van der Waals surface area contributed by atoms with Gasteiger partial charge in [0.25, 0.3) is 0 Å². The first-order valence-corrected chi connectivity index (χ1v) is 8.74. The number of carbonyl (C=O) groups is 2. The molecule has 4 rings (SSSR count). The predicted molar refractivity (Wildman–Crippen MR) is 97.6 cm³/mol. The summed E-state index contributed by atoms with van der Waals surface area (Å²) in [5.74, 6) is 0.347.